The van der Waals surface area contributed by atoms with Crippen molar-refractivity contribution < 1.29 is 14.7 Å². The molecule has 0 saturated carbocycles. The molecule has 0 aliphatic carbocycles. The van der Waals surface area contributed by atoms with Gasteiger partial charge in [-0.1, -0.05) is 36.1 Å². The van der Waals surface area contributed by atoms with Crippen LogP contribution in [0.2, 0.25) is 0 Å². The number of hydrogen-bond donors (Lipinski definition) is 1. The van der Waals surface area contributed by atoms with Gasteiger partial charge in [0.2, 0.25) is 0 Å². The molecule has 2 aromatic carbocycles. The number of carboxylic acid groups (broad SMARTS) is 1. The Hall–Kier alpha value is -2.64. The zero-order valence-electron chi connectivity index (χ0n) is 14.2. The van der Waals surface area contributed by atoms with Crippen molar-refractivity contribution in [2.75, 3.05) is 23.9 Å². The molecular formula is C19H16N2O3S2. The van der Waals surface area contributed by atoms with Gasteiger partial charge in [-0.3, -0.25) is 9.69 Å². The maximum Gasteiger partial charge on any atom is 0.335 e. The van der Waals surface area contributed by atoms with E-state index in [0.717, 1.165) is 16.9 Å². The Balaban J connectivity index is 1.85. The van der Waals surface area contributed by atoms with E-state index in [9.17, 15) is 9.59 Å². The standard InChI is InChI=1S/C19H16N2O3S2/c1-20(2)14-7-9-15(10-8-14)21-17(22)16(26-19(21)25)11-12-3-5-13(6-4-12)18(23)24/h3-11H,1-2H3,(H,23,24). The number of anilines is 2. The van der Waals surface area contributed by atoms with E-state index in [-0.39, 0.29) is 11.5 Å². The number of amides is 1. The second-order valence-corrected chi connectivity index (χ2v) is 7.53. The number of hydrogen-bond acceptors (Lipinski definition) is 5. The van der Waals surface area contributed by atoms with Gasteiger partial charge in [0.05, 0.1) is 16.2 Å². The molecule has 0 atom stereocenters. The van der Waals surface area contributed by atoms with Gasteiger partial charge in [-0.2, -0.15) is 0 Å². The van der Waals surface area contributed by atoms with Crippen molar-refractivity contribution in [2.24, 2.45) is 0 Å². The molecule has 1 aliphatic heterocycles. The molecule has 0 unspecified atom stereocenters. The fraction of sp³-hybridized carbons (Fsp3) is 0.105. The third-order valence-corrected chi connectivity index (χ3v) is 5.18. The summed E-state index contributed by atoms with van der Waals surface area (Å²) >= 11 is 6.61. The number of thiocarbonyl (C=S) groups is 1. The number of thioether (sulfide) groups is 1. The minimum atomic E-state index is -0.982. The maximum atomic E-state index is 12.8. The SMILES string of the molecule is CN(C)c1ccc(N2C(=O)C(=Cc3ccc(C(=O)O)cc3)SC2=S)cc1. The van der Waals surface area contributed by atoms with Gasteiger partial charge in [-0.25, -0.2) is 4.79 Å². The van der Waals surface area contributed by atoms with Crippen molar-refractivity contribution in [3.8, 4) is 0 Å². The van der Waals surface area contributed by atoms with Crippen LogP contribution in [-0.2, 0) is 4.79 Å². The number of aromatic carboxylic acids is 1. The van der Waals surface area contributed by atoms with Crippen LogP contribution in [0.15, 0.2) is 53.4 Å². The summed E-state index contributed by atoms with van der Waals surface area (Å²) in [5.74, 6) is -1.16. The summed E-state index contributed by atoms with van der Waals surface area (Å²) < 4.78 is 0.473. The first kappa shape index (κ1) is 18.2. The van der Waals surface area contributed by atoms with Gasteiger partial charge in [0, 0.05) is 19.8 Å². The van der Waals surface area contributed by atoms with Crippen LogP contribution in [0.4, 0.5) is 11.4 Å². The van der Waals surface area contributed by atoms with Gasteiger partial charge in [-0.05, 0) is 48.0 Å². The van der Waals surface area contributed by atoms with Gasteiger partial charge in [0.25, 0.3) is 5.91 Å². The van der Waals surface area contributed by atoms with E-state index in [2.05, 4.69) is 0 Å². The second-order valence-electron chi connectivity index (χ2n) is 5.86. The number of carboxylic acids is 1. The molecule has 1 N–H and O–H groups in total. The zero-order chi connectivity index (χ0) is 18.8. The summed E-state index contributed by atoms with van der Waals surface area (Å²) in [6.07, 6.45) is 1.72. The Kier molecular flexibility index (Phi) is 5.11. The number of carbonyl (C=O) groups excluding carboxylic acids is 1. The third kappa shape index (κ3) is 3.63. The summed E-state index contributed by atoms with van der Waals surface area (Å²) in [5, 5.41) is 8.95. The van der Waals surface area contributed by atoms with E-state index in [1.165, 1.54) is 28.8 Å². The first-order valence-electron chi connectivity index (χ1n) is 7.75. The first-order chi connectivity index (χ1) is 12.4. The topological polar surface area (TPSA) is 60.9 Å². The van der Waals surface area contributed by atoms with Crippen LogP contribution in [0.5, 0.6) is 0 Å². The molecule has 0 radical (unpaired) electrons. The normalized spacial score (nSPS) is 15.6. The molecule has 7 heteroatoms. The van der Waals surface area contributed by atoms with Crippen LogP contribution in [0, 0.1) is 0 Å². The molecule has 1 fully saturated rings. The number of nitrogens with zero attached hydrogens (tertiary/aromatic N) is 2. The molecule has 0 aromatic heterocycles. The van der Waals surface area contributed by atoms with Gasteiger partial charge in [0.15, 0.2) is 4.32 Å². The van der Waals surface area contributed by atoms with Crippen molar-refractivity contribution in [1.82, 2.24) is 0 Å². The van der Waals surface area contributed by atoms with Gasteiger partial charge in [0.1, 0.15) is 0 Å². The Labute approximate surface area is 160 Å². The highest BCUT2D eigenvalue weighted by atomic mass is 32.2. The molecule has 1 aliphatic rings. The lowest BCUT2D eigenvalue weighted by molar-refractivity contribution is -0.113. The van der Waals surface area contributed by atoms with Crippen molar-refractivity contribution in [3.63, 3.8) is 0 Å². The molecule has 2 aromatic rings. The van der Waals surface area contributed by atoms with Crippen LogP contribution < -0.4 is 9.80 Å². The van der Waals surface area contributed by atoms with E-state index in [4.69, 9.17) is 17.3 Å². The van der Waals surface area contributed by atoms with Crippen molar-refractivity contribution in [2.45, 2.75) is 0 Å². The summed E-state index contributed by atoms with van der Waals surface area (Å²) in [5.41, 5.74) is 2.71. The van der Waals surface area contributed by atoms with Crippen LogP contribution in [0.3, 0.4) is 0 Å². The summed E-state index contributed by atoms with van der Waals surface area (Å²) in [4.78, 5) is 27.7. The Morgan fingerprint density at radius 1 is 1.12 bits per heavy atom. The molecular weight excluding hydrogens is 368 g/mol. The van der Waals surface area contributed by atoms with E-state index < -0.39 is 5.97 Å². The lowest BCUT2D eigenvalue weighted by Crippen LogP contribution is -2.27. The lowest BCUT2D eigenvalue weighted by Gasteiger charge is -2.17. The predicted octanol–water partition coefficient (Wildman–Crippen LogP) is 3.86. The molecule has 132 valence electrons. The smallest absolute Gasteiger partial charge is 0.335 e. The van der Waals surface area contributed by atoms with Crippen LogP contribution in [0.1, 0.15) is 15.9 Å². The highest BCUT2D eigenvalue weighted by Gasteiger charge is 2.33. The minimum absolute atomic E-state index is 0.181. The monoisotopic (exact) mass is 384 g/mol. The quantitative estimate of drug-likeness (QED) is 0.638. The summed E-state index contributed by atoms with van der Waals surface area (Å²) in [7, 11) is 3.90. The molecule has 1 saturated heterocycles. The zero-order valence-corrected chi connectivity index (χ0v) is 15.8. The molecule has 26 heavy (non-hydrogen) atoms. The molecule has 1 amide bonds. The molecule has 3 rings (SSSR count). The first-order valence-corrected chi connectivity index (χ1v) is 8.98. The van der Waals surface area contributed by atoms with E-state index in [0.29, 0.717) is 9.23 Å². The van der Waals surface area contributed by atoms with Crippen LogP contribution >= 0.6 is 24.0 Å². The average Bonchev–Trinajstić information content (AvgIpc) is 2.89. The highest BCUT2D eigenvalue weighted by molar-refractivity contribution is 8.27. The number of rotatable bonds is 4. The third-order valence-electron chi connectivity index (χ3n) is 3.87. The fourth-order valence-electron chi connectivity index (χ4n) is 2.46. The Bertz CT molecular complexity index is 903. The van der Waals surface area contributed by atoms with Crippen molar-refractivity contribution in [1.29, 1.82) is 0 Å². The average molecular weight is 384 g/mol. The largest absolute Gasteiger partial charge is 0.478 e. The molecule has 5 nitrogen and oxygen atoms in total. The summed E-state index contributed by atoms with van der Waals surface area (Å²) in [6.45, 7) is 0. The number of benzene rings is 2. The maximum absolute atomic E-state index is 12.8. The van der Waals surface area contributed by atoms with Gasteiger partial charge < -0.3 is 10.0 Å². The second kappa shape index (κ2) is 7.31. The van der Waals surface area contributed by atoms with Crippen molar-refractivity contribution in [3.05, 3.63) is 64.6 Å². The molecule has 0 bridgehead atoms. The Morgan fingerprint density at radius 3 is 2.27 bits per heavy atom. The van der Waals surface area contributed by atoms with E-state index in [1.54, 1.807) is 18.2 Å². The van der Waals surface area contributed by atoms with Gasteiger partial charge >= 0.3 is 5.97 Å². The molecule has 1 heterocycles. The Morgan fingerprint density at radius 2 is 1.73 bits per heavy atom. The van der Waals surface area contributed by atoms with E-state index >= 15 is 0 Å². The van der Waals surface area contributed by atoms with E-state index in [1.807, 2.05) is 43.3 Å². The van der Waals surface area contributed by atoms with Crippen LogP contribution in [0.25, 0.3) is 6.08 Å². The number of carbonyl (C=O) groups is 2. The van der Waals surface area contributed by atoms with Crippen LogP contribution in [-0.4, -0.2) is 35.4 Å². The summed E-state index contributed by atoms with van der Waals surface area (Å²) in [6, 6.07) is 14.0. The molecule has 0 spiro atoms. The predicted molar refractivity (Wildman–Crippen MR) is 110 cm³/mol. The van der Waals surface area contributed by atoms with Gasteiger partial charge in [-0.15, -0.1) is 0 Å². The van der Waals surface area contributed by atoms with Crippen molar-refractivity contribution >= 4 is 57.6 Å². The minimum Gasteiger partial charge on any atom is -0.478 e. The lowest BCUT2D eigenvalue weighted by atomic mass is 10.1. The fourth-order valence-corrected chi connectivity index (χ4v) is 3.76. The highest BCUT2D eigenvalue weighted by Crippen LogP contribution is 2.36.